The van der Waals surface area contributed by atoms with Crippen LogP contribution in [0.25, 0.3) is 0 Å². The van der Waals surface area contributed by atoms with Crippen LogP contribution in [0.5, 0.6) is 6.01 Å². The van der Waals surface area contributed by atoms with Gasteiger partial charge in [-0.2, -0.15) is 4.98 Å². The Hall–Kier alpha value is -1.40. The highest BCUT2D eigenvalue weighted by atomic mass is 16.6. The van der Waals surface area contributed by atoms with Crippen LogP contribution in [0, 0.1) is 6.92 Å². The van der Waals surface area contributed by atoms with Crippen LogP contribution >= 0.6 is 0 Å². The lowest BCUT2D eigenvalue weighted by atomic mass is 10.1. The molecule has 6 nitrogen and oxygen atoms in total. The van der Waals surface area contributed by atoms with Crippen molar-refractivity contribution >= 4 is 0 Å². The van der Waals surface area contributed by atoms with Crippen LogP contribution < -0.4 is 10.3 Å². The van der Waals surface area contributed by atoms with E-state index in [9.17, 15) is 4.79 Å². The molecule has 2 aliphatic rings. The summed E-state index contributed by atoms with van der Waals surface area (Å²) in [6.45, 7) is 4.71. The Morgan fingerprint density at radius 3 is 2.94 bits per heavy atom. The Balaban J connectivity index is 1.94. The van der Waals surface area contributed by atoms with Gasteiger partial charge in [0.2, 0.25) is 0 Å². The largest absolute Gasteiger partial charge is 0.465 e. The van der Waals surface area contributed by atoms with E-state index in [1.165, 1.54) is 0 Å². The Bertz CT molecular complexity index is 501. The molecule has 1 aromatic heterocycles. The number of nitrogens with zero attached hydrogens (tertiary/aromatic N) is 2. The van der Waals surface area contributed by atoms with Gasteiger partial charge in [0, 0.05) is 18.2 Å². The summed E-state index contributed by atoms with van der Waals surface area (Å²) in [5.41, 5.74) is 0.328. The SMILES string of the molecule is CCOc1nc(=O)c(C)cn1[C@H]1C[C@H]2OC[C@H]2O1. The fraction of sp³-hybridized carbons (Fsp3) is 0.667. The van der Waals surface area contributed by atoms with Gasteiger partial charge in [-0.15, -0.1) is 0 Å². The smallest absolute Gasteiger partial charge is 0.301 e. The molecule has 2 fully saturated rings. The van der Waals surface area contributed by atoms with Gasteiger partial charge >= 0.3 is 6.01 Å². The lowest BCUT2D eigenvalue weighted by molar-refractivity contribution is -0.149. The van der Waals surface area contributed by atoms with E-state index in [2.05, 4.69) is 4.98 Å². The van der Waals surface area contributed by atoms with Crippen molar-refractivity contribution in [3.63, 3.8) is 0 Å². The van der Waals surface area contributed by atoms with Gasteiger partial charge in [0.1, 0.15) is 12.3 Å². The summed E-state index contributed by atoms with van der Waals surface area (Å²) in [5.74, 6) is 0. The Morgan fingerprint density at radius 1 is 1.56 bits per heavy atom. The third-order valence-electron chi connectivity index (χ3n) is 3.33. The molecule has 0 aromatic carbocycles. The van der Waals surface area contributed by atoms with Crippen LogP contribution in [0.4, 0.5) is 0 Å². The summed E-state index contributed by atoms with van der Waals surface area (Å²) in [5, 5.41) is 0. The Kier molecular flexibility index (Phi) is 2.83. The van der Waals surface area contributed by atoms with Crippen LogP contribution in [-0.2, 0) is 9.47 Å². The van der Waals surface area contributed by atoms with Gasteiger partial charge in [0.05, 0.1) is 19.3 Å². The molecule has 2 saturated heterocycles. The Morgan fingerprint density at radius 2 is 2.39 bits per heavy atom. The summed E-state index contributed by atoms with van der Waals surface area (Å²) in [4.78, 5) is 15.5. The molecule has 98 valence electrons. The van der Waals surface area contributed by atoms with Crippen molar-refractivity contribution in [1.29, 1.82) is 0 Å². The molecule has 3 rings (SSSR count). The number of aromatic nitrogens is 2. The van der Waals surface area contributed by atoms with Crippen molar-refractivity contribution in [1.82, 2.24) is 9.55 Å². The van der Waals surface area contributed by atoms with Crippen LogP contribution in [0.15, 0.2) is 11.0 Å². The molecule has 0 bridgehead atoms. The number of ether oxygens (including phenoxy) is 3. The predicted octanol–water partition coefficient (Wildman–Crippen LogP) is 0.637. The third kappa shape index (κ3) is 1.81. The van der Waals surface area contributed by atoms with E-state index in [-0.39, 0.29) is 24.0 Å². The number of hydrogen-bond donors (Lipinski definition) is 0. The normalized spacial score (nSPS) is 29.8. The second kappa shape index (κ2) is 4.37. The van der Waals surface area contributed by atoms with Crippen LogP contribution in [0.1, 0.15) is 25.1 Å². The summed E-state index contributed by atoms with van der Waals surface area (Å²) in [6, 6.07) is 0.319. The van der Waals surface area contributed by atoms with Crippen molar-refractivity contribution in [2.75, 3.05) is 13.2 Å². The molecule has 18 heavy (non-hydrogen) atoms. The molecule has 2 aliphatic heterocycles. The fourth-order valence-corrected chi connectivity index (χ4v) is 2.29. The molecule has 0 saturated carbocycles. The number of aryl methyl sites for hydroxylation is 1. The average molecular weight is 252 g/mol. The van der Waals surface area contributed by atoms with Crippen molar-refractivity contribution < 1.29 is 14.2 Å². The molecule has 0 amide bonds. The van der Waals surface area contributed by atoms with Crippen LogP contribution in [0.3, 0.4) is 0 Å². The molecule has 1 aromatic rings. The minimum absolute atomic E-state index is 0.157. The molecule has 0 radical (unpaired) electrons. The quantitative estimate of drug-likeness (QED) is 0.789. The van der Waals surface area contributed by atoms with Crippen molar-refractivity contribution in [2.45, 2.75) is 38.7 Å². The fourth-order valence-electron chi connectivity index (χ4n) is 2.29. The first-order chi connectivity index (χ1) is 8.69. The molecule has 0 N–H and O–H groups in total. The maximum Gasteiger partial charge on any atom is 0.301 e. The highest BCUT2D eigenvalue weighted by Crippen LogP contribution is 2.37. The summed E-state index contributed by atoms with van der Waals surface area (Å²) in [7, 11) is 0. The minimum Gasteiger partial charge on any atom is -0.465 e. The Labute approximate surface area is 104 Å². The molecule has 3 heterocycles. The molecular weight excluding hydrogens is 236 g/mol. The van der Waals surface area contributed by atoms with Crippen molar-refractivity contribution in [3.8, 4) is 6.01 Å². The molecular formula is C12H16N2O4. The molecule has 6 heteroatoms. The summed E-state index contributed by atoms with van der Waals surface area (Å²) >= 11 is 0. The number of hydrogen-bond acceptors (Lipinski definition) is 5. The van der Waals surface area contributed by atoms with Crippen molar-refractivity contribution in [2.24, 2.45) is 0 Å². The van der Waals surface area contributed by atoms with E-state index in [1.807, 2.05) is 6.92 Å². The van der Waals surface area contributed by atoms with Crippen LogP contribution in [-0.4, -0.2) is 35.0 Å². The predicted molar refractivity (Wildman–Crippen MR) is 62.7 cm³/mol. The third-order valence-corrected chi connectivity index (χ3v) is 3.33. The highest BCUT2D eigenvalue weighted by molar-refractivity contribution is 5.10. The average Bonchev–Trinajstić information content (AvgIpc) is 2.60. The van der Waals surface area contributed by atoms with E-state index < -0.39 is 0 Å². The van der Waals surface area contributed by atoms with Gasteiger partial charge < -0.3 is 14.2 Å². The van der Waals surface area contributed by atoms with Crippen molar-refractivity contribution in [3.05, 3.63) is 22.1 Å². The lowest BCUT2D eigenvalue weighted by Crippen LogP contribution is -2.40. The maximum absolute atomic E-state index is 11.6. The lowest BCUT2D eigenvalue weighted by Gasteiger charge is -2.28. The van der Waals surface area contributed by atoms with Gasteiger partial charge in [0.15, 0.2) is 0 Å². The van der Waals surface area contributed by atoms with Gasteiger partial charge in [-0.3, -0.25) is 9.36 Å². The van der Waals surface area contributed by atoms with Gasteiger partial charge in [-0.25, -0.2) is 0 Å². The van der Waals surface area contributed by atoms with E-state index in [0.717, 1.165) is 6.42 Å². The first kappa shape index (κ1) is 11.7. The minimum atomic E-state index is -0.257. The number of rotatable bonds is 3. The van der Waals surface area contributed by atoms with E-state index in [0.29, 0.717) is 24.8 Å². The molecule has 0 aliphatic carbocycles. The van der Waals surface area contributed by atoms with E-state index in [1.54, 1.807) is 17.7 Å². The van der Waals surface area contributed by atoms with E-state index in [4.69, 9.17) is 14.2 Å². The first-order valence-corrected chi connectivity index (χ1v) is 6.18. The highest BCUT2D eigenvalue weighted by Gasteiger charge is 2.44. The zero-order valence-electron chi connectivity index (χ0n) is 10.5. The zero-order chi connectivity index (χ0) is 12.7. The van der Waals surface area contributed by atoms with Crippen LogP contribution in [0.2, 0.25) is 0 Å². The zero-order valence-corrected chi connectivity index (χ0v) is 10.5. The molecule has 0 spiro atoms. The number of fused-ring (bicyclic) bond motifs is 1. The second-order valence-electron chi connectivity index (χ2n) is 4.59. The van der Waals surface area contributed by atoms with E-state index >= 15 is 0 Å². The molecule has 3 atom stereocenters. The second-order valence-corrected chi connectivity index (χ2v) is 4.59. The monoisotopic (exact) mass is 252 g/mol. The molecule has 0 unspecified atom stereocenters. The standard InChI is InChI=1S/C12H16N2O4/c1-3-16-12-13-11(15)7(2)5-14(12)10-4-8-9(18-10)6-17-8/h5,8-10H,3-4,6H2,1-2H3/t8-,9-,10-/m1/s1. The maximum atomic E-state index is 11.6. The van der Waals surface area contributed by atoms with Gasteiger partial charge in [-0.05, 0) is 13.8 Å². The summed E-state index contributed by atoms with van der Waals surface area (Å²) < 4.78 is 18.4. The van der Waals surface area contributed by atoms with Gasteiger partial charge in [0.25, 0.3) is 5.56 Å². The summed E-state index contributed by atoms with van der Waals surface area (Å²) in [6.07, 6.45) is 2.70. The van der Waals surface area contributed by atoms with Gasteiger partial charge in [-0.1, -0.05) is 0 Å². The topological polar surface area (TPSA) is 62.6 Å². The first-order valence-electron chi connectivity index (χ1n) is 6.18.